The fourth-order valence-corrected chi connectivity index (χ4v) is 3.84. The van der Waals surface area contributed by atoms with E-state index < -0.39 is 22.6 Å². The lowest BCUT2D eigenvalue weighted by molar-refractivity contribution is -0.132. The molecule has 0 bridgehead atoms. The number of alkyl halides is 3. The van der Waals surface area contributed by atoms with Crippen molar-refractivity contribution in [3.63, 3.8) is 0 Å². The molecule has 2 heterocycles. The Labute approximate surface area is 143 Å². The lowest BCUT2D eigenvalue weighted by Crippen LogP contribution is -2.54. The summed E-state index contributed by atoms with van der Waals surface area (Å²) < 4.78 is 67.3. The van der Waals surface area contributed by atoms with Crippen LogP contribution in [0.1, 0.15) is 12.1 Å². The summed E-state index contributed by atoms with van der Waals surface area (Å²) in [5.74, 6) is 0.0833. The molecule has 1 saturated heterocycles. The first kappa shape index (κ1) is 19.5. The Morgan fingerprint density at radius 2 is 2.04 bits per heavy atom. The van der Waals surface area contributed by atoms with Gasteiger partial charge in [0.1, 0.15) is 12.0 Å². The van der Waals surface area contributed by atoms with Crippen molar-refractivity contribution in [2.75, 3.05) is 39.8 Å². The quantitative estimate of drug-likeness (QED) is 0.593. The Kier molecular flexibility index (Phi) is 6.27. The van der Waals surface area contributed by atoms with Crippen molar-refractivity contribution in [1.82, 2.24) is 19.7 Å². The van der Waals surface area contributed by atoms with Crippen molar-refractivity contribution in [1.29, 1.82) is 0 Å². The van der Waals surface area contributed by atoms with Crippen LogP contribution in [-0.2, 0) is 15.8 Å². The van der Waals surface area contributed by atoms with E-state index in [9.17, 15) is 21.6 Å². The van der Waals surface area contributed by atoms with Gasteiger partial charge in [0.2, 0.25) is 10.0 Å². The van der Waals surface area contributed by atoms with Gasteiger partial charge in [-0.1, -0.05) is 5.16 Å². The Bertz CT molecular complexity index is 668. The van der Waals surface area contributed by atoms with Gasteiger partial charge in [-0.05, 0) is 0 Å². The molecule has 142 valence electrons. The highest BCUT2D eigenvalue weighted by Crippen LogP contribution is 2.18. The van der Waals surface area contributed by atoms with Crippen LogP contribution in [0.15, 0.2) is 21.8 Å². The van der Waals surface area contributed by atoms with Crippen LogP contribution in [0.25, 0.3) is 0 Å². The van der Waals surface area contributed by atoms with Crippen molar-refractivity contribution in [2.45, 2.75) is 18.3 Å². The number of aliphatic imine (C=N–C) groups is 1. The molecular weight excluding hydrogens is 363 g/mol. The van der Waals surface area contributed by atoms with Gasteiger partial charge < -0.3 is 14.7 Å². The van der Waals surface area contributed by atoms with Gasteiger partial charge in [0.05, 0.1) is 12.1 Å². The average Bonchev–Trinajstić information content (AvgIpc) is 3.03. The molecule has 0 amide bonds. The lowest BCUT2D eigenvalue weighted by atomic mass is 10.3. The van der Waals surface area contributed by atoms with Crippen molar-refractivity contribution in [3.8, 4) is 0 Å². The van der Waals surface area contributed by atoms with E-state index in [1.807, 2.05) is 0 Å². The fraction of sp³-hybridized carbons (Fsp3) is 0.692. The van der Waals surface area contributed by atoms with Gasteiger partial charge in [0.15, 0.2) is 5.96 Å². The van der Waals surface area contributed by atoms with E-state index in [-0.39, 0.29) is 25.4 Å². The van der Waals surface area contributed by atoms with Gasteiger partial charge in [0.25, 0.3) is 0 Å². The largest absolute Gasteiger partial charge is 0.390 e. The van der Waals surface area contributed by atoms with Crippen molar-refractivity contribution >= 4 is 16.0 Å². The molecule has 1 N–H and O–H groups in total. The van der Waals surface area contributed by atoms with Crippen molar-refractivity contribution in [3.05, 3.63) is 18.0 Å². The third-order valence-electron chi connectivity index (χ3n) is 3.66. The summed E-state index contributed by atoms with van der Waals surface area (Å²) >= 11 is 0. The normalized spacial score (nSPS) is 17.8. The third-order valence-corrected chi connectivity index (χ3v) is 5.47. The zero-order valence-corrected chi connectivity index (χ0v) is 14.5. The van der Waals surface area contributed by atoms with Crippen LogP contribution in [0.3, 0.4) is 0 Å². The van der Waals surface area contributed by atoms with Gasteiger partial charge in [-0.25, -0.2) is 8.42 Å². The summed E-state index contributed by atoms with van der Waals surface area (Å²) in [5, 5.41) is 6.25. The molecule has 0 aliphatic carbocycles. The predicted octanol–water partition coefficient (Wildman–Crippen LogP) is 0.650. The van der Waals surface area contributed by atoms with Crippen LogP contribution in [0.5, 0.6) is 0 Å². The van der Waals surface area contributed by atoms with Crippen LogP contribution < -0.4 is 5.32 Å². The second kappa shape index (κ2) is 8.04. The van der Waals surface area contributed by atoms with Gasteiger partial charge in [-0.3, -0.25) is 4.99 Å². The molecule has 1 fully saturated rings. The molecule has 0 spiro atoms. The van der Waals surface area contributed by atoms with Gasteiger partial charge in [-0.15, -0.1) is 0 Å². The van der Waals surface area contributed by atoms with Crippen LogP contribution in [0.2, 0.25) is 0 Å². The Hall–Kier alpha value is -1.82. The maximum absolute atomic E-state index is 12.3. The van der Waals surface area contributed by atoms with Gasteiger partial charge in [0, 0.05) is 45.8 Å². The number of piperazine rings is 1. The van der Waals surface area contributed by atoms with Crippen LogP contribution >= 0.6 is 0 Å². The number of aromatic nitrogens is 1. The van der Waals surface area contributed by atoms with E-state index in [1.54, 1.807) is 4.90 Å². The molecule has 1 aliphatic heterocycles. The number of hydrogen-bond donors (Lipinski definition) is 1. The standard InChI is InChI=1S/C13H20F3N5O3S/c1-17-12(18-4-3-13(14,15)16)20-5-7-21(8-6-20)25(22,23)10-11-2-9-24-19-11/h2,9H,3-8,10H2,1H3,(H,17,18). The maximum Gasteiger partial charge on any atom is 0.390 e. The molecule has 1 aromatic heterocycles. The highest BCUT2D eigenvalue weighted by molar-refractivity contribution is 7.88. The molecule has 0 atom stereocenters. The molecule has 12 heteroatoms. The van der Waals surface area contributed by atoms with Gasteiger partial charge >= 0.3 is 6.18 Å². The van der Waals surface area contributed by atoms with E-state index in [0.717, 1.165) is 0 Å². The minimum Gasteiger partial charge on any atom is -0.364 e. The molecule has 8 nitrogen and oxygen atoms in total. The zero-order valence-electron chi connectivity index (χ0n) is 13.7. The van der Waals surface area contributed by atoms with Crippen LogP contribution in [0, 0.1) is 0 Å². The molecule has 1 aromatic rings. The number of guanidine groups is 1. The molecule has 2 rings (SSSR count). The first-order valence-corrected chi connectivity index (χ1v) is 9.21. The highest BCUT2D eigenvalue weighted by atomic mass is 32.2. The predicted molar refractivity (Wildman–Crippen MR) is 84.3 cm³/mol. The Morgan fingerprint density at radius 1 is 1.36 bits per heavy atom. The van der Waals surface area contributed by atoms with Crippen molar-refractivity contribution < 1.29 is 26.1 Å². The second-order valence-corrected chi connectivity index (χ2v) is 7.44. The maximum atomic E-state index is 12.3. The van der Waals surface area contributed by atoms with Crippen LogP contribution in [0.4, 0.5) is 13.2 Å². The monoisotopic (exact) mass is 383 g/mol. The third kappa shape index (κ3) is 5.88. The topological polar surface area (TPSA) is 91.0 Å². The second-order valence-electron chi connectivity index (χ2n) is 5.47. The number of nitrogens with zero attached hydrogens (tertiary/aromatic N) is 4. The SMILES string of the molecule is CN=C(NCCC(F)(F)F)N1CCN(S(=O)(=O)Cc2ccon2)CC1. The van der Waals surface area contributed by atoms with E-state index >= 15 is 0 Å². The minimum absolute atomic E-state index is 0.222. The zero-order chi connectivity index (χ0) is 18.5. The average molecular weight is 383 g/mol. The number of rotatable bonds is 5. The van der Waals surface area contributed by atoms with Crippen LogP contribution in [-0.4, -0.2) is 74.7 Å². The number of halogens is 3. The van der Waals surface area contributed by atoms with E-state index in [4.69, 9.17) is 0 Å². The molecular formula is C13H20F3N5O3S. The highest BCUT2D eigenvalue weighted by Gasteiger charge is 2.30. The first-order valence-electron chi connectivity index (χ1n) is 7.61. The molecule has 0 aromatic carbocycles. The Balaban J connectivity index is 1.85. The van der Waals surface area contributed by atoms with E-state index in [1.165, 1.54) is 23.7 Å². The fourth-order valence-electron chi connectivity index (χ4n) is 2.42. The molecule has 0 saturated carbocycles. The number of sulfonamides is 1. The summed E-state index contributed by atoms with van der Waals surface area (Å²) in [7, 11) is -2.05. The van der Waals surface area contributed by atoms with E-state index in [2.05, 4.69) is 20.0 Å². The summed E-state index contributed by atoms with van der Waals surface area (Å²) in [6, 6.07) is 1.49. The number of nitrogens with one attached hydrogen (secondary N) is 1. The lowest BCUT2D eigenvalue weighted by Gasteiger charge is -2.35. The van der Waals surface area contributed by atoms with Crippen molar-refractivity contribution in [2.24, 2.45) is 4.99 Å². The minimum atomic E-state index is -4.24. The summed E-state index contributed by atoms with van der Waals surface area (Å²) in [6.45, 7) is 0.842. The number of hydrogen-bond acceptors (Lipinski definition) is 5. The summed E-state index contributed by atoms with van der Waals surface area (Å²) in [5.41, 5.74) is 0.326. The Morgan fingerprint density at radius 3 is 2.56 bits per heavy atom. The smallest absolute Gasteiger partial charge is 0.364 e. The summed E-state index contributed by atoms with van der Waals surface area (Å²) in [6.07, 6.45) is -3.89. The summed E-state index contributed by atoms with van der Waals surface area (Å²) in [4.78, 5) is 5.69. The molecule has 0 unspecified atom stereocenters. The molecule has 0 radical (unpaired) electrons. The molecule has 25 heavy (non-hydrogen) atoms. The first-order chi connectivity index (χ1) is 11.7. The molecule has 1 aliphatic rings. The van der Waals surface area contributed by atoms with E-state index in [0.29, 0.717) is 24.7 Å². The van der Waals surface area contributed by atoms with Gasteiger partial charge in [-0.2, -0.15) is 17.5 Å².